The van der Waals surface area contributed by atoms with Crippen molar-refractivity contribution in [2.75, 3.05) is 0 Å². The third kappa shape index (κ3) is 7.48. The van der Waals surface area contributed by atoms with Gasteiger partial charge in [0.25, 0.3) is 0 Å². The van der Waals surface area contributed by atoms with Gasteiger partial charge in [0.1, 0.15) is 5.60 Å². The summed E-state index contributed by atoms with van der Waals surface area (Å²) >= 11 is 0. The topological polar surface area (TPSA) is 87.6 Å². The van der Waals surface area contributed by atoms with E-state index in [-0.39, 0.29) is 12.8 Å². The van der Waals surface area contributed by atoms with Gasteiger partial charge in [-0.3, -0.25) is 0 Å². The molecule has 2 rings (SSSR count). The first-order valence-corrected chi connectivity index (χ1v) is 9.71. The first kappa shape index (κ1) is 22.8. The van der Waals surface area contributed by atoms with E-state index in [9.17, 15) is 8.42 Å². The number of benzene rings is 2. The Morgan fingerprint density at radius 2 is 1.33 bits per heavy atom. The highest BCUT2D eigenvalue weighted by molar-refractivity contribution is 7.81. The molecule has 0 fully saturated rings. The Balaban J connectivity index is 0.00000364. The smallest absolute Gasteiger partial charge is 0.344 e. The van der Waals surface area contributed by atoms with Crippen molar-refractivity contribution in [3.8, 4) is 0 Å². The molecule has 0 saturated carbocycles. The minimum Gasteiger partial charge on any atom is -0.344 e. The maximum absolute atomic E-state index is 12.4. The molecule has 0 unspecified atom stereocenters. The van der Waals surface area contributed by atoms with Crippen LogP contribution >= 0.6 is 0 Å². The second-order valence-electron chi connectivity index (χ2n) is 6.07. The maximum atomic E-state index is 12.4. The zero-order valence-electron chi connectivity index (χ0n) is 15.4. The SMILES string of the molecule is C=CCC(CC=C)(Cc1ccccc1)OS(=O)(=O)OCc1ccccc1.N. The first-order valence-electron chi connectivity index (χ1n) is 8.38. The molecule has 5 nitrogen and oxygen atoms in total. The van der Waals surface area contributed by atoms with Gasteiger partial charge in [-0.25, -0.2) is 8.37 Å². The summed E-state index contributed by atoms with van der Waals surface area (Å²) in [6.07, 6.45) is 4.40. The molecule has 0 bridgehead atoms. The molecule has 2 aromatic carbocycles. The van der Waals surface area contributed by atoms with Gasteiger partial charge in [-0.2, -0.15) is 8.42 Å². The second-order valence-corrected chi connectivity index (χ2v) is 7.29. The van der Waals surface area contributed by atoms with Crippen LogP contribution in [0.4, 0.5) is 0 Å². The zero-order chi connectivity index (χ0) is 18.9. The number of hydrogen-bond acceptors (Lipinski definition) is 5. The summed E-state index contributed by atoms with van der Waals surface area (Å²) in [5.41, 5.74) is 0.704. The lowest BCUT2D eigenvalue weighted by molar-refractivity contribution is 0.0565. The fraction of sp³-hybridized carbons (Fsp3) is 0.238. The van der Waals surface area contributed by atoms with Crippen LogP contribution in [0.2, 0.25) is 0 Å². The van der Waals surface area contributed by atoms with Crippen molar-refractivity contribution in [3.05, 3.63) is 97.1 Å². The Morgan fingerprint density at radius 1 is 0.852 bits per heavy atom. The molecule has 2 aromatic rings. The van der Waals surface area contributed by atoms with Gasteiger partial charge in [-0.05, 0) is 24.0 Å². The summed E-state index contributed by atoms with van der Waals surface area (Å²) in [5, 5.41) is 0. The average Bonchev–Trinajstić information content (AvgIpc) is 2.62. The average molecular weight is 390 g/mol. The molecule has 0 aliphatic rings. The molecule has 0 aliphatic heterocycles. The lowest BCUT2D eigenvalue weighted by atomic mass is 9.88. The molecule has 0 spiro atoms. The molecule has 0 atom stereocenters. The quantitative estimate of drug-likeness (QED) is 0.560. The largest absolute Gasteiger partial charge is 0.400 e. The van der Waals surface area contributed by atoms with Crippen molar-refractivity contribution < 1.29 is 16.8 Å². The molecule has 27 heavy (non-hydrogen) atoms. The predicted molar refractivity (Wildman–Crippen MR) is 109 cm³/mol. The molecule has 3 N–H and O–H groups in total. The molecule has 0 aliphatic carbocycles. The standard InChI is InChI=1S/C21H24O4S.H3N/c1-3-15-21(16-4-2,17-19-11-7-5-8-12-19)25-26(22,23)24-18-20-13-9-6-10-14-20;/h3-14H,1-2,15-18H2;1H3. The van der Waals surface area contributed by atoms with E-state index in [1.54, 1.807) is 24.3 Å². The molecular formula is C21H27NO4S. The Bertz CT molecular complexity index is 795. The predicted octanol–water partition coefficient (Wildman–Crippen LogP) is 4.76. The minimum absolute atomic E-state index is 0. The first-order chi connectivity index (χ1) is 12.5. The van der Waals surface area contributed by atoms with Crippen molar-refractivity contribution in [3.63, 3.8) is 0 Å². The second kappa shape index (κ2) is 10.8. The lowest BCUT2D eigenvalue weighted by Crippen LogP contribution is -2.37. The van der Waals surface area contributed by atoms with Crippen LogP contribution in [0.25, 0.3) is 0 Å². The van der Waals surface area contributed by atoms with Crippen LogP contribution in [-0.2, 0) is 31.8 Å². The van der Waals surface area contributed by atoms with Crippen molar-refractivity contribution in [2.24, 2.45) is 0 Å². The lowest BCUT2D eigenvalue weighted by Gasteiger charge is -2.31. The Morgan fingerprint density at radius 3 is 1.81 bits per heavy atom. The molecule has 0 amide bonds. The molecular weight excluding hydrogens is 362 g/mol. The maximum Gasteiger partial charge on any atom is 0.400 e. The van der Waals surface area contributed by atoms with Gasteiger partial charge in [-0.15, -0.1) is 13.2 Å². The molecule has 0 aromatic heterocycles. The summed E-state index contributed by atoms with van der Waals surface area (Å²) in [6, 6.07) is 18.7. The van der Waals surface area contributed by atoms with Crippen LogP contribution < -0.4 is 6.15 Å². The summed E-state index contributed by atoms with van der Waals surface area (Å²) in [6.45, 7) is 7.41. The van der Waals surface area contributed by atoms with Gasteiger partial charge in [0.05, 0.1) is 6.61 Å². The fourth-order valence-electron chi connectivity index (χ4n) is 2.77. The molecule has 6 heteroatoms. The van der Waals surface area contributed by atoms with Crippen LogP contribution in [0.5, 0.6) is 0 Å². The normalized spacial score (nSPS) is 11.4. The van der Waals surface area contributed by atoms with Gasteiger partial charge in [0.15, 0.2) is 0 Å². The van der Waals surface area contributed by atoms with Gasteiger partial charge >= 0.3 is 10.4 Å². The number of hydrogen-bond donors (Lipinski definition) is 1. The Labute approximate surface area is 162 Å². The third-order valence-electron chi connectivity index (χ3n) is 3.89. The fourth-order valence-corrected chi connectivity index (χ4v) is 3.73. The van der Waals surface area contributed by atoms with Crippen LogP contribution in [-0.4, -0.2) is 14.0 Å². The van der Waals surface area contributed by atoms with Crippen molar-refractivity contribution >= 4 is 10.4 Å². The van der Waals surface area contributed by atoms with Crippen molar-refractivity contribution in [2.45, 2.75) is 31.5 Å². The highest BCUT2D eigenvalue weighted by Gasteiger charge is 2.35. The van der Waals surface area contributed by atoms with Crippen molar-refractivity contribution in [1.29, 1.82) is 0 Å². The summed E-state index contributed by atoms with van der Waals surface area (Å²) in [7, 11) is -4.20. The highest BCUT2D eigenvalue weighted by atomic mass is 32.3. The van der Waals surface area contributed by atoms with Crippen LogP contribution in [0, 0.1) is 0 Å². The monoisotopic (exact) mass is 389 g/mol. The van der Waals surface area contributed by atoms with E-state index in [2.05, 4.69) is 13.2 Å². The van der Waals surface area contributed by atoms with Crippen LogP contribution in [0.1, 0.15) is 24.0 Å². The summed E-state index contributed by atoms with van der Waals surface area (Å²) in [4.78, 5) is 0. The highest BCUT2D eigenvalue weighted by Crippen LogP contribution is 2.30. The zero-order valence-corrected chi connectivity index (χ0v) is 16.2. The van der Waals surface area contributed by atoms with E-state index in [1.165, 1.54) is 0 Å². The van der Waals surface area contributed by atoms with Crippen molar-refractivity contribution in [1.82, 2.24) is 6.15 Å². The molecule has 0 radical (unpaired) electrons. The van der Waals surface area contributed by atoms with Gasteiger partial charge in [-0.1, -0.05) is 72.8 Å². The third-order valence-corrected chi connectivity index (χ3v) is 4.86. The summed E-state index contributed by atoms with van der Waals surface area (Å²) in [5.74, 6) is 0. The number of rotatable bonds is 11. The summed E-state index contributed by atoms with van der Waals surface area (Å²) < 4.78 is 35.5. The van der Waals surface area contributed by atoms with Crippen LogP contribution in [0.3, 0.4) is 0 Å². The molecule has 0 saturated heterocycles. The van der Waals surface area contributed by atoms with E-state index in [0.717, 1.165) is 11.1 Å². The van der Waals surface area contributed by atoms with Gasteiger partial charge in [0, 0.05) is 6.42 Å². The molecule has 0 heterocycles. The Kier molecular flexibility index (Phi) is 9.11. The minimum atomic E-state index is -4.20. The van der Waals surface area contributed by atoms with Gasteiger partial charge < -0.3 is 6.15 Å². The van der Waals surface area contributed by atoms with E-state index in [0.29, 0.717) is 19.3 Å². The van der Waals surface area contributed by atoms with Crippen LogP contribution in [0.15, 0.2) is 86.0 Å². The van der Waals surface area contributed by atoms with E-state index in [1.807, 2.05) is 48.5 Å². The van der Waals surface area contributed by atoms with E-state index in [4.69, 9.17) is 8.37 Å². The molecule has 146 valence electrons. The van der Waals surface area contributed by atoms with Gasteiger partial charge in [0.2, 0.25) is 0 Å². The Hall–Kier alpha value is -2.25. The van der Waals surface area contributed by atoms with E-state index < -0.39 is 16.0 Å². The van der Waals surface area contributed by atoms with E-state index >= 15 is 0 Å².